The standard InChI is InChI=1S/C13H16N2O5/c14-10(13(19)20)5-6-11(16)15-9-3-1-8(2-4-9)7-12(17)18/h1-4,10H,5-7,14H2,(H,15,16)(H,17,18)(H,19,20)/t10-/m0/s1. The third-order valence-corrected chi connectivity index (χ3v) is 2.59. The van der Waals surface area contributed by atoms with Crippen molar-refractivity contribution in [1.82, 2.24) is 0 Å². The van der Waals surface area contributed by atoms with Crippen molar-refractivity contribution < 1.29 is 24.6 Å². The van der Waals surface area contributed by atoms with Gasteiger partial charge >= 0.3 is 11.9 Å². The highest BCUT2D eigenvalue weighted by atomic mass is 16.4. The Bertz CT molecular complexity index is 498. The molecule has 0 bridgehead atoms. The number of amides is 1. The van der Waals surface area contributed by atoms with Crippen molar-refractivity contribution in [2.75, 3.05) is 5.32 Å². The maximum atomic E-state index is 11.5. The van der Waals surface area contributed by atoms with E-state index < -0.39 is 18.0 Å². The van der Waals surface area contributed by atoms with E-state index in [4.69, 9.17) is 15.9 Å². The first-order chi connectivity index (χ1) is 9.38. The molecular weight excluding hydrogens is 264 g/mol. The van der Waals surface area contributed by atoms with Gasteiger partial charge in [-0.15, -0.1) is 0 Å². The Balaban J connectivity index is 2.46. The minimum atomic E-state index is -1.14. The van der Waals surface area contributed by atoms with Crippen molar-refractivity contribution in [2.24, 2.45) is 5.73 Å². The highest BCUT2D eigenvalue weighted by Crippen LogP contribution is 2.11. The molecule has 0 aliphatic rings. The van der Waals surface area contributed by atoms with Crippen LogP contribution in [-0.2, 0) is 20.8 Å². The molecule has 20 heavy (non-hydrogen) atoms. The summed E-state index contributed by atoms with van der Waals surface area (Å²) in [4.78, 5) is 32.5. The van der Waals surface area contributed by atoms with Gasteiger partial charge in [0, 0.05) is 12.1 Å². The molecule has 108 valence electrons. The number of carbonyl (C=O) groups is 3. The van der Waals surface area contributed by atoms with Crippen LogP contribution in [0.5, 0.6) is 0 Å². The summed E-state index contributed by atoms with van der Waals surface area (Å²) in [7, 11) is 0. The molecule has 1 atom stereocenters. The Kier molecular flexibility index (Phi) is 5.67. The molecular formula is C13H16N2O5. The molecule has 0 saturated carbocycles. The zero-order valence-corrected chi connectivity index (χ0v) is 10.7. The molecule has 1 aromatic carbocycles. The van der Waals surface area contributed by atoms with Gasteiger partial charge in [0.15, 0.2) is 0 Å². The van der Waals surface area contributed by atoms with E-state index in [-0.39, 0.29) is 25.2 Å². The van der Waals surface area contributed by atoms with Gasteiger partial charge in [0.1, 0.15) is 6.04 Å². The van der Waals surface area contributed by atoms with Crippen molar-refractivity contribution in [1.29, 1.82) is 0 Å². The van der Waals surface area contributed by atoms with Gasteiger partial charge in [-0.25, -0.2) is 0 Å². The van der Waals surface area contributed by atoms with Crippen LogP contribution in [-0.4, -0.2) is 34.1 Å². The molecule has 0 aliphatic heterocycles. The van der Waals surface area contributed by atoms with Gasteiger partial charge in [-0.05, 0) is 24.1 Å². The molecule has 0 heterocycles. The van der Waals surface area contributed by atoms with Crippen LogP contribution in [0.15, 0.2) is 24.3 Å². The third kappa shape index (κ3) is 5.49. The molecule has 0 radical (unpaired) electrons. The zero-order valence-electron chi connectivity index (χ0n) is 10.7. The smallest absolute Gasteiger partial charge is 0.320 e. The van der Waals surface area contributed by atoms with Gasteiger partial charge in [0.05, 0.1) is 6.42 Å². The van der Waals surface area contributed by atoms with Gasteiger partial charge < -0.3 is 21.3 Å². The average Bonchev–Trinajstić information content (AvgIpc) is 2.37. The van der Waals surface area contributed by atoms with Crippen molar-refractivity contribution in [3.05, 3.63) is 29.8 Å². The second-order valence-corrected chi connectivity index (χ2v) is 4.30. The van der Waals surface area contributed by atoms with Crippen LogP contribution in [0.1, 0.15) is 18.4 Å². The maximum Gasteiger partial charge on any atom is 0.320 e. The molecule has 7 heteroatoms. The number of hydrogen-bond acceptors (Lipinski definition) is 4. The summed E-state index contributed by atoms with van der Waals surface area (Å²) in [5.74, 6) is -2.41. The van der Waals surface area contributed by atoms with E-state index in [0.29, 0.717) is 11.3 Å². The molecule has 7 nitrogen and oxygen atoms in total. The number of nitrogens with one attached hydrogen (secondary N) is 1. The maximum absolute atomic E-state index is 11.5. The summed E-state index contributed by atoms with van der Waals surface area (Å²) in [5, 5.41) is 19.8. The Hall–Kier alpha value is -2.41. The van der Waals surface area contributed by atoms with Gasteiger partial charge in [-0.2, -0.15) is 0 Å². The molecule has 0 fully saturated rings. The van der Waals surface area contributed by atoms with Crippen LogP contribution >= 0.6 is 0 Å². The van der Waals surface area contributed by atoms with Gasteiger partial charge in [-0.3, -0.25) is 14.4 Å². The highest BCUT2D eigenvalue weighted by Gasteiger charge is 2.13. The lowest BCUT2D eigenvalue weighted by atomic mass is 10.1. The van der Waals surface area contributed by atoms with Crippen LogP contribution in [0.25, 0.3) is 0 Å². The topological polar surface area (TPSA) is 130 Å². The predicted octanol–water partition coefficient (Wildman–Crippen LogP) is 0.444. The lowest BCUT2D eigenvalue weighted by Gasteiger charge is -2.08. The van der Waals surface area contributed by atoms with Crippen molar-refractivity contribution in [3.63, 3.8) is 0 Å². The summed E-state index contributed by atoms with van der Waals surface area (Å²) in [6.45, 7) is 0. The van der Waals surface area contributed by atoms with E-state index >= 15 is 0 Å². The van der Waals surface area contributed by atoms with Crippen molar-refractivity contribution in [3.8, 4) is 0 Å². The summed E-state index contributed by atoms with van der Waals surface area (Å²) in [5.41, 5.74) is 6.44. The Morgan fingerprint density at radius 2 is 1.75 bits per heavy atom. The number of rotatable bonds is 7. The van der Waals surface area contributed by atoms with E-state index in [0.717, 1.165) is 0 Å². The van der Waals surface area contributed by atoms with Crippen LogP contribution in [0.3, 0.4) is 0 Å². The lowest BCUT2D eigenvalue weighted by Crippen LogP contribution is -2.31. The van der Waals surface area contributed by atoms with Crippen LogP contribution < -0.4 is 11.1 Å². The molecule has 0 spiro atoms. The fourth-order valence-corrected chi connectivity index (χ4v) is 1.51. The molecule has 1 aromatic rings. The molecule has 0 saturated heterocycles. The first-order valence-corrected chi connectivity index (χ1v) is 5.97. The fraction of sp³-hybridized carbons (Fsp3) is 0.308. The summed E-state index contributed by atoms with van der Waals surface area (Å²) in [6, 6.07) is 5.33. The van der Waals surface area contributed by atoms with E-state index in [1.54, 1.807) is 24.3 Å². The average molecular weight is 280 g/mol. The van der Waals surface area contributed by atoms with Crippen LogP contribution in [0.4, 0.5) is 5.69 Å². The van der Waals surface area contributed by atoms with Crippen molar-refractivity contribution in [2.45, 2.75) is 25.3 Å². The Labute approximate surface area is 115 Å². The van der Waals surface area contributed by atoms with Gasteiger partial charge in [0.2, 0.25) is 5.91 Å². The van der Waals surface area contributed by atoms with E-state index in [1.165, 1.54) is 0 Å². The molecule has 0 aliphatic carbocycles. The normalized spacial score (nSPS) is 11.7. The lowest BCUT2D eigenvalue weighted by molar-refractivity contribution is -0.139. The number of hydrogen-bond donors (Lipinski definition) is 4. The summed E-state index contributed by atoms with van der Waals surface area (Å²) < 4.78 is 0. The minimum absolute atomic E-state index is 0.00431. The minimum Gasteiger partial charge on any atom is -0.481 e. The quantitative estimate of drug-likeness (QED) is 0.573. The molecule has 1 rings (SSSR count). The molecule has 0 aromatic heterocycles. The summed E-state index contributed by atoms with van der Waals surface area (Å²) in [6.07, 6.45) is -0.0235. The van der Waals surface area contributed by atoms with E-state index in [2.05, 4.69) is 5.32 Å². The fourth-order valence-electron chi connectivity index (χ4n) is 1.51. The Morgan fingerprint density at radius 3 is 2.25 bits per heavy atom. The van der Waals surface area contributed by atoms with Crippen LogP contribution in [0, 0.1) is 0 Å². The number of carboxylic acid groups (broad SMARTS) is 2. The molecule has 1 amide bonds. The molecule has 5 N–H and O–H groups in total. The number of aliphatic carboxylic acids is 2. The number of anilines is 1. The zero-order chi connectivity index (χ0) is 15.1. The number of benzene rings is 1. The largest absolute Gasteiger partial charge is 0.481 e. The molecule has 0 unspecified atom stereocenters. The highest BCUT2D eigenvalue weighted by molar-refractivity contribution is 5.91. The van der Waals surface area contributed by atoms with Gasteiger partial charge in [-0.1, -0.05) is 12.1 Å². The first-order valence-electron chi connectivity index (χ1n) is 5.97. The first kappa shape index (κ1) is 15.6. The van der Waals surface area contributed by atoms with E-state index in [9.17, 15) is 14.4 Å². The van der Waals surface area contributed by atoms with Gasteiger partial charge in [0.25, 0.3) is 0 Å². The monoisotopic (exact) mass is 280 g/mol. The predicted molar refractivity (Wildman–Crippen MR) is 71.3 cm³/mol. The SMILES string of the molecule is N[C@@H](CCC(=O)Nc1ccc(CC(=O)O)cc1)C(=O)O. The number of carboxylic acids is 2. The second-order valence-electron chi connectivity index (χ2n) is 4.30. The number of carbonyl (C=O) groups excluding carboxylic acids is 1. The number of nitrogens with two attached hydrogens (primary N) is 1. The summed E-state index contributed by atoms with van der Waals surface area (Å²) >= 11 is 0. The van der Waals surface area contributed by atoms with Crippen molar-refractivity contribution >= 4 is 23.5 Å². The van der Waals surface area contributed by atoms with Crippen LogP contribution in [0.2, 0.25) is 0 Å². The second kappa shape index (κ2) is 7.25. The third-order valence-electron chi connectivity index (χ3n) is 2.59. The van der Waals surface area contributed by atoms with E-state index in [1.807, 2.05) is 0 Å². The Morgan fingerprint density at radius 1 is 1.15 bits per heavy atom.